The molecule has 0 N–H and O–H groups in total. The molecule has 0 saturated heterocycles. The van der Waals surface area contributed by atoms with Crippen LogP contribution in [0, 0.1) is 0 Å². The number of pyridine rings is 1. The quantitative estimate of drug-likeness (QED) is 0.488. The predicted octanol–water partition coefficient (Wildman–Crippen LogP) is 4.04. The van der Waals surface area contributed by atoms with Gasteiger partial charge in [-0.05, 0) is 19.9 Å². The highest BCUT2D eigenvalue weighted by Crippen LogP contribution is 2.29. The molecule has 0 saturated carbocycles. The number of hydrogen-bond donors (Lipinski definition) is 0. The molecular formula is C24H24N2O3. The third kappa shape index (κ3) is 3.91. The van der Waals surface area contributed by atoms with Gasteiger partial charge in [0, 0.05) is 47.8 Å². The number of fused-ring (bicyclic) bond motifs is 2. The Bertz CT molecular complexity index is 1060. The summed E-state index contributed by atoms with van der Waals surface area (Å²) in [5, 5.41) is 0.772. The molecule has 1 aromatic heterocycles. The van der Waals surface area contributed by atoms with Gasteiger partial charge in [-0.25, -0.2) is 4.79 Å². The van der Waals surface area contributed by atoms with Crippen LogP contribution < -0.4 is 0 Å². The molecule has 0 unspecified atom stereocenters. The highest BCUT2D eigenvalue weighted by atomic mass is 16.5. The lowest BCUT2D eigenvalue weighted by Crippen LogP contribution is -2.37. The fourth-order valence-corrected chi connectivity index (χ4v) is 3.80. The Balaban J connectivity index is 1.67. The molecule has 0 fully saturated rings. The second kappa shape index (κ2) is 8.13. The van der Waals surface area contributed by atoms with Crippen molar-refractivity contribution < 1.29 is 14.3 Å². The number of benzene rings is 2. The number of nitrogens with zero attached hydrogens (tertiary/aromatic N) is 2. The first-order chi connectivity index (χ1) is 14.0. The lowest BCUT2D eigenvalue weighted by molar-refractivity contribution is 0.0473. The van der Waals surface area contributed by atoms with Crippen molar-refractivity contribution in [3.63, 3.8) is 0 Å². The smallest absolute Gasteiger partial charge is 0.339 e. The Labute approximate surface area is 170 Å². The molecule has 5 heteroatoms. The number of aromatic nitrogens is 1. The molecule has 148 valence electrons. The number of hydrogen-bond acceptors (Lipinski definition) is 5. The van der Waals surface area contributed by atoms with Crippen LogP contribution in [0.15, 0.2) is 54.6 Å². The molecule has 0 spiro atoms. The molecule has 1 aliphatic rings. The molecular weight excluding hydrogens is 364 g/mol. The van der Waals surface area contributed by atoms with Crippen molar-refractivity contribution >= 4 is 22.7 Å². The van der Waals surface area contributed by atoms with Crippen LogP contribution in [-0.4, -0.2) is 40.8 Å². The highest BCUT2D eigenvalue weighted by molar-refractivity contribution is 6.06. The molecule has 0 amide bonds. The van der Waals surface area contributed by atoms with Crippen LogP contribution in [-0.2, 0) is 17.7 Å². The number of carbonyl (C=O) groups excluding carboxylic acids is 2. The van der Waals surface area contributed by atoms with Gasteiger partial charge in [0.15, 0.2) is 12.4 Å². The van der Waals surface area contributed by atoms with Gasteiger partial charge in [-0.1, -0.05) is 48.5 Å². The topological polar surface area (TPSA) is 59.5 Å². The largest absolute Gasteiger partial charge is 0.454 e. The second-order valence-corrected chi connectivity index (χ2v) is 7.61. The molecule has 5 nitrogen and oxygen atoms in total. The average molecular weight is 388 g/mol. The van der Waals surface area contributed by atoms with E-state index >= 15 is 0 Å². The number of ether oxygens (including phenoxy) is 1. The summed E-state index contributed by atoms with van der Waals surface area (Å²) in [6, 6.07) is 16.9. The van der Waals surface area contributed by atoms with Gasteiger partial charge in [0.2, 0.25) is 0 Å². The van der Waals surface area contributed by atoms with Crippen molar-refractivity contribution in [2.75, 3.05) is 13.2 Å². The minimum absolute atomic E-state index is 0.213. The van der Waals surface area contributed by atoms with Gasteiger partial charge in [0.25, 0.3) is 0 Å². The van der Waals surface area contributed by atoms with Gasteiger partial charge in [0.1, 0.15) is 0 Å². The zero-order chi connectivity index (χ0) is 20.4. The third-order valence-corrected chi connectivity index (χ3v) is 5.44. The van der Waals surface area contributed by atoms with Gasteiger partial charge < -0.3 is 4.74 Å². The molecule has 2 heterocycles. The van der Waals surface area contributed by atoms with E-state index < -0.39 is 5.97 Å². The van der Waals surface area contributed by atoms with E-state index in [1.165, 1.54) is 0 Å². The maximum atomic E-state index is 13.1. The van der Waals surface area contributed by atoms with E-state index in [2.05, 4.69) is 18.7 Å². The van der Waals surface area contributed by atoms with E-state index in [-0.39, 0.29) is 12.4 Å². The third-order valence-electron chi connectivity index (χ3n) is 5.44. The van der Waals surface area contributed by atoms with Crippen LogP contribution in [0.4, 0.5) is 0 Å². The number of rotatable bonds is 5. The van der Waals surface area contributed by atoms with E-state index in [9.17, 15) is 9.59 Å². The summed E-state index contributed by atoms with van der Waals surface area (Å²) < 4.78 is 5.48. The maximum absolute atomic E-state index is 13.1. The van der Waals surface area contributed by atoms with E-state index in [1.807, 2.05) is 30.3 Å². The van der Waals surface area contributed by atoms with Crippen molar-refractivity contribution in [2.24, 2.45) is 0 Å². The van der Waals surface area contributed by atoms with Crippen LogP contribution in [0.3, 0.4) is 0 Å². The molecule has 3 aromatic rings. The monoisotopic (exact) mass is 388 g/mol. The Morgan fingerprint density at radius 3 is 2.55 bits per heavy atom. The predicted molar refractivity (Wildman–Crippen MR) is 112 cm³/mol. The summed E-state index contributed by atoms with van der Waals surface area (Å²) in [6.07, 6.45) is 0.793. The zero-order valence-electron chi connectivity index (χ0n) is 16.7. The summed E-state index contributed by atoms with van der Waals surface area (Å²) in [7, 11) is 0. The number of Topliss-reactive ketones (excluding diaryl/α,β-unsaturated/α-hetero) is 1. The van der Waals surface area contributed by atoms with Crippen LogP contribution in [0.2, 0.25) is 0 Å². The Morgan fingerprint density at radius 2 is 1.79 bits per heavy atom. The maximum Gasteiger partial charge on any atom is 0.339 e. The molecule has 0 aliphatic carbocycles. The fourth-order valence-electron chi connectivity index (χ4n) is 3.80. The van der Waals surface area contributed by atoms with E-state index in [1.54, 1.807) is 24.3 Å². The molecule has 2 aromatic carbocycles. The minimum atomic E-state index is -0.463. The standard InChI is InChI=1S/C24H24N2O3/c1-16(2)26-13-12-21-19(14-26)23(18-10-6-7-11-20(18)25-21)24(28)29-15-22(27)17-8-4-3-5-9-17/h3-11,16H,12-15H2,1-2H3. The normalized spacial score (nSPS) is 14.0. The lowest BCUT2D eigenvalue weighted by atomic mass is 9.95. The average Bonchev–Trinajstić information content (AvgIpc) is 2.75. The molecule has 4 rings (SSSR count). The first kappa shape index (κ1) is 19.3. The Hall–Kier alpha value is -3.05. The van der Waals surface area contributed by atoms with Crippen LogP contribution in [0.1, 0.15) is 45.8 Å². The molecule has 29 heavy (non-hydrogen) atoms. The lowest BCUT2D eigenvalue weighted by Gasteiger charge is -2.32. The van der Waals surface area contributed by atoms with Gasteiger partial charge in [-0.3, -0.25) is 14.7 Å². The molecule has 1 aliphatic heterocycles. The SMILES string of the molecule is CC(C)N1CCc2nc3ccccc3c(C(=O)OCC(=O)c3ccccc3)c2C1. The van der Waals surface area contributed by atoms with Gasteiger partial charge in [-0.2, -0.15) is 0 Å². The van der Waals surface area contributed by atoms with Crippen LogP contribution in [0.25, 0.3) is 10.9 Å². The summed E-state index contributed by atoms with van der Waals surface area (Å²) in [6.45, 7) is 5.59. The number of carbonyl (C=O) groups is 2. The van der Waals surface area contributed by atoms with Crippen LogP contribution >= 0.6 is 0 Å². The fraction of sp³-hybridized carbons (Fsp3) is 0.292. The zero-order valence-corrected chi connectivity index (χ0v) is 16.7. The number of esters is 1. The second-order valence-electron chi connectivity index (χ2n) is 7.61. The first-order valence-corrected chi connectivity index (χ1v) is 9.94. The van der Waals surface area contributed by atoms with Crippen molar-refractivity contribution in [1.82, 2.24) is 9.88 Å². The van der Waals surface area contributed by atoms with Gasteiger partial charge in [-0.15, -0.1) is 0 Å². The van der Waals surface area contributed by atoms with Crippen molar-refractivity contribution in [3.05, 3.63) is 77.0 Å². The first-order valence-electron chi connectivity index (χ1n) is 9.94. The molecule has 0 bridgehead atoms. The summed E-state index contributed by atoms with van der Waals surface area (Å²) in [5.41, 5.74) is 3.72. The van der Waals surface area contributed by atoms with Gasteiger partial charge in [0.05, 0.1) is 11.1 Å². The summed E-state index contributed by atoms with van der Waals surface area (Å²) >= 11 is 0. The van der Waals surface area contributed by atoms with E-state index in [4.69, 9.17) is 9.72 Å². The summed E-state index contributed by atoms with van der Waals surface area (Å²) in [4.78, 5) is 32.6. The minimum Gasteiger partial charge on any atom is -0.454 e. The Morgan fingerprint density at radius 1 is 1.07 bits per heavy atom. The van der Waals surface area contributed by atoms with Crippen molar-refractivity contribution in [3.8, 4) is 0 Å². The Kier molecular flexibility index (Phi) is 5.41. The molecule has 0 atom stereocenters. The van der Waals surface area contributed by atoms with Crippen molar-refractivity contribution in [2.45, 2.75) is 32.9 Å². The van der Waals surface area contributed by atoms with Crippen LogP contribution in [0.5, 0.6) is 0 Å². The molecule has 0 radical (unpaired) electrons. The van der Waals surface area contributed by atoms with E-state index in [0.29, 0.717) is 23.7 Å². The van der Waals surface area contributed by atoms with Gasteiger partial charge >= 0.3 is 5.97 Å². The number of ketones is 1. The summed E-state index contributed by atoms with van der Waals surface area (Å²) in [5.74, 6) is -0.676. The van der Waals surface area contributed by atoms with Crippen molar-refractivity contribution in [1.29, 1.82) is 0 Å². The van der Waals surface area contributed by atoms with E-state index in [0.717, 1.165) is 35.1 Å². The highest BCUT2D eigenvalue weighted by Gasteiger charge is 2.27. The number of para-hydroxylation sites is 1.